The molecule has 0 bridgehead atoms. The van der Waals surface area contributed by atoms with Crippen molar-refractivity contribution in [2.45, 2.75) is 12.5 Å². The van der Waals surface area contributed by atoms with Gasteiger partial charge in [-0.3, -0.25) is 4.79 Å². The topological polar surface area (TPSA) is 127 Å². The molecule has 0 saturated heterocycles. The van der Waals surface area contributed by atoms with Gasteiger partial charge in [-0.25, -0.2) is 18.9 Å². The molecule has 1 amide bonds. The Morgan fingerprint density at radius 1 is 1.26 bits per heavy atom. The predicted molar refractivity (Wildman–Crippen MR) is 114 cm³/mol. The average Bonchev–Trinajstić information content (AvgIpc) is 3.62. The van der Waals surface area contributed by atoms with E-state index in [-0.39, 0.29) is 11.8 Å². The van der Waals surface area contributed by atoms with Crippen LogP contribution in [0.4, 0.5) is 4.39 Å². The van der Waals surface area contributed by atoms with Gasteiger partial charge in [0, 0.05) is 24.9 Å². The number of amides is 1. The van der Waals surface area contributed by atoms with E-state index in [0.29, 0.717) is 41.3 Å². The summed E-state index contributed by atoms with van der Waals surface area (Å²) in [4.78, 5) is 26.8. The van der Waals surface area contributed by atoms with E-state index in [1.165, 1.54) is 23.9 Å². The first-order chi connectivity index (χ1) is 16.6. The number of H-pyrrole nitrogens is 1. The number of hydrogen-bond donors (Lipinski definition) is 1. The molecule has 34 heavy (non-hydrogen) atoms. The second-order valence-electron chi connectivity index (χ2n) is 7.67. The van der Waals surface area contributed by atoms with Gasteiger partial charge in [-0.05, 0) is 30.3 Å². The van der Waals surface area contributed by atoms with Gasteiger partial charge in [0.25, 0.3) is 5.89 Å². The van der Waals surface area contributed by atoms with E-state index in [2.05, 4.69) is 30.2 Å². The summed E-state index contributed by atoms with van der Waals surface area (Å²) in [5.41, 5.74) is 2.72. The first-order valence-corrected chi connectivity index (χ1v) is 10.4. The standard InChI is InChI=1S/C22H17FN8O3/c1-33-12-4-5-15(24-10-12)20-27-28-21(34-20)22(32)30-8-6-14-18(26-11-25-14)19(30)16-9-17-13(23)3-2-7-31(17)29-16/h2-5,7,9-11,19H,6,8H2,1H3,(H,25,26)/t19-/m0/s1. The number of aromatic nitrogens is 7. The first-order valence-electron chi connectivity index (χ1n) is 10.4. The number of nitrogens with one attached hydrogen (secondary N) is 1. The van der Waals surface area contributed by atoms with Crippen LogP contribution in [-0.2, 0) is 6.42 Å². The Morgan fingerprint density at radius 2 is 2.18 bits per heavy atom. The number of nitrogens with zero attached hydrogens (tertiary/aromatic N) is 7. The van der Waals surface area contributed by atoms with E-state index < -0.39 is 17.8 Å². The molecule has 1 N–H and O–H groups in total. The summed E-state index contributed by atoms with van der Waals surface area (Å²) >= 11 is 0. The van der Waals surface area contributed by atoms with Crippen LogP contribution < -0.4 is 4.74 Å². The summed E-state index contributed by atoms with van der Waals surface area (Å²) in [7, 11) is 1.54. The van der Waals surface area contributed by atoms with Crippen LogP contribution in [0.2, 0.25) is 0 Å². The van der Waals surface area contributed by atoms with Crippen molar-refractivity contribution in [1.29, 1.82) is 0 Å². The van der Waals surface area contributed by atoms with E-state index in [9.17, 15) is 9.18 Å². The molecule has 1 aliphatic rings. The molecule has 170 valence electrons. The molecule has 6 heterocycles. The lowest BCUT2D eigenvalue weighted by Gasteiger charge is -2.32. The van der Waals surface area contributed by atoms with Crippen LogP contribution in [0.3, 0.4) is 0 Å². The van der Waals surface area contributed by atoms with Crippen molar-refractivity contribution in [2.24, 2.45) is 0 Å². The van der Waals surface area contributed by atoms with E-state index in [1.54, 1.807) is 41.7 Å². The lowest BCUT2D eigenvalue weighted by Crippen LogP contribution is -2.41. The maximum Gasteiger partial charge on any atom is 0.312 e. The highest BCUT2D eigenvalue weighted by atomic mass is 19.1. The number of rotatable bonds is 4. The quantitative estimate of drug-likeness (QED) is 0.433. The average molecular weight is 460 g/mol. The van der Waals surface area contributed by atoms with Crippen LogP contribution in [-0.4, -0.2) is 59.2 Å². The van der Waals surface area contributed by atoms with Gasteiger partial charge in [0.15, 0.2) is 0 Å². The Bertz CT molecular complexity index is 1510. The van der Waals surface area contributed by atoms with Crippen LogP contribution in [0.25, 0.3) is 17.1 Å². The van der Waals surface area contributed by atoms with Crippen molar-refractivity contribution in [2.75, 3.05) is 13.7 Å². The number of imidazole rings is 1. The maximum atomic E-state index is 14.3. The summed E-state index contributed by atoms with van der Waals surface area (Å²) in [5.74, 6) is -0.398. The Labute approximate surface area is 191 Å². The van der Waals surface area contributed by atoms with Gasteiger partial charge in [-0.2, -0.15) is 5.10 Å². The second kappa shape index (κ2) is 7.76. The summed E-state index contributed by atoms with van der Waals surface area (Å²) in [5, 5.41) is 12.4. The van der Waals surface area contributed by atoms with E-state index in [4.69, 9.17) is 9.15 Å². The number of ether oxygens (including phenoxy) is 1. The van der Waals surface area contributed by atoms with Crippen molar-refractivity contribution >= 4 is 11.4 Å². The number of hydrogen-bond acceptors (Lipinski definition) is 8. The van der Waals surface area contributed by atoms with Crippen LogP contribution in [0.1, 0.15) is 33.8 Å². The lowest BCUT2D eigenvalue weighted by atomic mass is 9.99. The molecule has 0 radical (unpaired) electrons. The van der Waals surface area contributed by atoms with Gasteiger partial charge in [0.1, 0.15) is 28.8 Å². The van der Waals surface area contributed by atoms with Crippen LogP contribution in [0.15, 0.2) is 53.5 Å². The highest BCUT2D eigenvalue weighted by Gasteiger charge is 2.38. The normalized spacial score (nSPS) is 15.5. The number of carbonyl (C=O) groups excluding carboxylic acids is 1. The third kappa shape index (κ3) is 3.18. The Hall–Kier alpha value is -4.61. The third-order valence-electron chi connectivity index (χ3n) is 5.73. The van der Waals surface area contributed by atoms with Crippen molar-refractivity contribution in [3.63, 3.8) is 0 Å². The molecule has 0 fully saturated rings. The molecule has 0 spiro atoms. The van der Waals surface area contributed by atoms with Gasteiger partial charge in [-0.1, -0.05) is 0 Å². The fourth-order valence-electron chi connectivity index (χ4n) is 4.09. The largest absolute Gasteiger partial charge is 0.495 e. The number of pyridine rings is 2. The molecule has 0 saturated carbocycles. The van der Waals surface area contributed by atoms with E-state index in [1.807, 2.05) is 0 Å². The molecule has 1 atom stereocenters. The second-order valence-corrected chi connectivity index (χ2v) is 7.67. The Morgan fingerprint density at radius 3 is 2.97 bits per heavy atom. The van der Waals surface area contributed by atoms with E-state index in [0.717, 1.165) is 5.69 Å². The highest BCUT2D eigenvalue weighted by molar-refractivity contribution is 5.90. The molecule has 5 aromatic rings. The summed E-state index contributed by atoms with van der Waals surface area (Å²) in [6.07, 6.45) is 5.29. The molecular formula is C22H17FN8O3. The molecule has 0 aliphatic carbocycles. The number of halogens is 1. The fourth-order valence-corrected chi connectivity index (χ4v) is 4.09. The van der Waals surface area contributed by atoms with Gasteiger partial charge < -0.3 is 19.0 Å². The summed E-state index contributed by atoms with van der Waals surface area (Å²) in [6.45, 7) is 0.355. The number of methoxy groups -OCH3 is 1. The molecule has 6 rings (SSSR count). The van der Waals surface area contributed by atoms with Crippen molar-refractivity contribution in [3.05, 3.63) is 77.8 Å². The molecule has 12 heteroatoms. The Balaban J connectivity index is 1.37. The van der Waals surface area contributed by atoms with E-state index >= 15 is 0 Å². The first kappa shape index (κ1) is 20.0. The van der Waals surface area contributed by atoms with Crippen molar-refractivity contribution in [3.8, 4) is 17.3 Å². The maximum absolute atomic E-state index is 14.3. The molecule has 0 aromatic carbocycles. The van der Waals surface area contributed by atoms with Gasteiger partial charge in [0.2, 0.25) is 0 Å². The fraction of sp³-hybridized carbons (Fsp3) is 0.182. The number of carbonyl (C=O) groups is 1. The van der Waals surface area contributed by atoms with Crippen LogP contribution in [0.5, 0.6) is 5.75 Å². The smallest absolute Gasteiger partial charge is 0.312 e. The minimum atomic E-state index is -0.656. The van der Waals surface area contributed by atoms with Crippen molar-refractivity contribution in [1.82, 2.24) is 39.7 Å². The minimum absolute atomic E-state index is 0.106. The predicted octanol–water partition coefficient (Wildman–Crippen LogP) is 2.44. The SMILES string of the molecule is COc1ccc(-c2nnc(C(=O)N3CCc4[nH]cnc4[C@@H]3c3cc4c(F)cccn4n3)o2)nc1. The zero-order valence-electron chi connectivity index (χ0n) is 17.8. The Kier molecular flexibility index (Phi) is 4.57. The zero-order valence-corrected chi connectivity index (χ0v) is 17.8. The monoisotopic (exact) mass is 460 g/mol. The van der Waals surface area contributed by atoms with Gasteiger partial charge in [0.05, 0.1) is 31.0 Å². The molecular weight excluding hydrogens is 443 g/mol. The zero-order chi connectivity index (χ0) is 23.2. The summed E-state index contributed by atoms with van der Waals surface area (Å²) < 4.78 is 26.5. The highest BCUT2D eigenvalue weighted by Crippen LogP contribution is 2.34. The molecule has 11 nitrogen and oxygen atoms in total. The number of aromatic amines is 1. The third-order valence-corrected chi connectivity index (χ3v) is 5.73. The van der Waals surface area contributed by atoms with Gasteiger partial charge >= 0.3 is 11.8 Å². The molecule has 5 aromatic heterocycles. The molecule has 0 unspecified atom stereocenters. The van der Waals surface area contributed by atoms with Gasteiger partial charge in [-0.15, -0.1) is 10.2 Å². The van der Waals surface area contributed by atoms with Crippen molar-refractivity contribution < 1.29 is 18.3 Å². The summed E-state index contributed by atoms with van der Waals surface area (Å²) in [6, 6.07) is 7.25. The van der Waals surface area contributed by atoms with Crippen LogP contribution >= 0.6 is 0 Å². The molecule has 1 aliphatic heterocycles. The minimum Gasteiger partial charge on any atom is -0.495 e. The number of fused-ring (bicyclic) bond motifs is 2. The van der Waals surface area contributed by atoms with Crippen LogP contribution in [0, 0.1) is 5.82 Å². The lowest BCUT2D eigenvalue weighted by molar-refractivity contribution is 0.0646.